The third-order valence-electron chi connectivity index (χ3n) is 14.0. The van der Waals surface area contributed by atoms with Crippen molar-refractivity contribution in [1.29, 1.82) is 0 Å². The summed E-state index contributed by atoms with van der Waals surface area (Å²) in [4.78, 5) is 11.8. The molecule has 10 saturated heterocycles. The van der Waals surface area contributed by atoms with Gasteiger partial charge in [-0.05, 0) is 139 Å². The highest BCUT2D eigenvalue weighted by molar-refractivity contribution is 7.99. The zero-order chi connectivity index (χ0) is 83.0. The van der Waals surface area contributed by atoms with E-state index in [1.807, 2.05) is 214 Å². The maximum Gasteiger partial charge on any atom is 0.209 e. The third kappa shape index (κ3) is 110. The largest absolute Gasteiger partial charge is 0.486 e. The molecule has 654 valence electrons. The fourth-order valence-corrected chi connectivity index (χ4v) is 10.5. The highest BCUT2D eigenvalue weighted by atomic mass is 32.2. The van der Waals surface area contributed by atoms with E-state index in [9.17, 15) is 4.79 Å². The topological polar surface area (TPSA) is 190 Å². The summed E-state index contributed by atoms with van der Waals surface area (Å²) in [6.45, 7) is 78.2. The van der Waals surface area contributed by atoms with E-state index in [4.69, 9.17) is 37.9 Å². The van der Waals surface area contributed by atoms with Crippen molar-refractivity contribution >= 4 is 29.9 Å². The average molecular weight is 1580 g/mol. The Morgan fingerprint density at radius 1 is 0.287 bits per heavy atom. The zero-order valence-electron chi connectivity index (χ0n) is 76.2. The first kappa shape index (κ1) is 126. The monoisotopic (exact) mass is 1580 g/mol. The fraction of sp³-hybridized carbons (Fsp3) is 0.852. The number of amides is 1. The van der Waals surface area contributed by atoms with Crippen LogP contribution in [0.5, 0.6) is 11.5 Å². The van der Waals surface area contributed by atoms with E-state index in [2.05, 4.69) is 66.8 Å². The molecular weight excluding hydrogens is 1390 g/mol. The number of para-hydroxylation sites is 2. The quantitative estimate of drug-likeness (QED) is 0.126. The van der Waals surface area contributed by atoms with Crippen LogP contribution in [0.25, 0.3) is 0 Å². The zero-order valence-corrected chi connectivity index (χ0v) is 77.8. The number of hydrogen-bond acceptors (Lipinski definition) is 19. The van der Waals surface area contributed by atoms with Crippen LogP contribution in [0.4, 0.5) is 0 Å². The molecule has 12 aliphatic heterocycles. The van der Waals surface area contributed by atoms with Crippen LogP contribution in [-0.4, -0.2) is 225 Å². The number of carbonyl (C=O) groups is 1. The number of benzene rings is 2. The number of piperazine rings is 2. The lowest BCUT2D eigenvalue weighted by Crippen LogP contribution is -2.42. The van der Waals surface area contributed by atoms with Crippen molar-refractivity contribution in [3.8, 4) is 11.5 Å². The molecule has 0 spiro atoms. The average Bonchev–Trinajstić information content (AvgIpc) is 0.921. The molecule has 0 atom stereocenters. The fourth-order valence-electron chi connectivity index (χ4n) is 9.05. The normalized spacial score (nSPS) is 17.5. The van der Waals surface area contributed by atoms with Gasteiger partial charge in [0, 0.05) is 130 Å². The van der Waals surface area contributed by atoms with Crippen molar-refractivity contribution in [1.82, 2.24) is 47.4 Å². The predicted octanol–water partition coefficient (Wildman–Crippen LogP) is 19.4. The van der Waals surface area contributed by atoms with Crippen LogP contribution in [0.2, 0.25) is 0 Å². The van der Waals surface area contributed by atoms with Crippen LogP contribution in [0.15, 0.2) is 48.5 Å². The van der Waals surface area contributed by atoms with E-state index in [1.165, 1.54) is 170 Å². The van der Waals surface area contributed by atoms with Crippen LogP contribution in [0.3, 0.4) is 0 Å². The Morgan fingerprint density at radius 2 is 0.630 bits per heavy atom. The van der Waals surface area contributed by atoms with Crippen molar-refractivity contribution < 1.29 is 42.7 Å². The molecule has 2 aromatic rings. The molecule has 0 saturated carbocycles. The number of ether oxygens (including phenoxy) is 8. The second kappa shape index (κ2) is 137. The molecule has 2 aromatic carbocycles. The SMILES string of the molecule is C1CCCNCC1.C1CCCOCC1.C1CCNCC1.C1CCOCC1.C1CNCCN1.C1COCCN1.C1COCOC1.C1COCSC1.C1CSCCN1.CC.CC.CC.CC.CC.CC.CC.CC.CC.CC.CC.CC.O=CN1CCNCC1.c1ccc2c(c1)CCNC2.c1ccc2c(c1)OCCO2. The van der Waals surface area contributed by atoms with Crippen molar-refractivity contribution in [3.63, 3.8) is 0 Å². The number of hydrogen-bond donors (Lipinski definition) is 8. The van der Waals surface area contributed by atoms with Gasteiger partial charge in [0.2, 0.25) is 6.41 Å². The molecule has 18 nitrogen and oxygen atoms in total. The molecule has 0 radical (unpaired) electrons. The minimum atomic E-state index is 0.500. The first-order valence-corrected chi connectivity index (χ1v) is 47.1. The number of rotatable bonds is 1. The molecule has 108 heavy (non-hydrogen) atoms. The lowest BCUT2D eigenvalue weighted by molar-refractivity contribution is -0.118. The summed E-state index contributed by atoms with van der Waals surface area (Å²) in [6.07, 6.45) is 23.5. The molecular formula is C88H191N9O9S2. The number of nitrogens with one attached hydrogen (secondary N) is 8. The van der Waals surface area contributed by atoms with Gasteiger partial charge in [0.05, 0.1) is 32.4 Å². The highest BCUT2D eigenvalue weighted by Gasteiger charge is 2.09. The Morgan fingerprint density at radius 3 is 0.898 bits per heavy atom. The molecule has 0 aliphatic carbocycles. The summed E-state index contributed by atoms with van der Waals surface area (Å²) in [7, 11) is 0. The second-order valence-electron chi connectivity index (χ2n) is 21.2. The van der Waals surface area contributed by atoms with Gasteiger partial charge in [0.25, 0.3) is 0 Å². The second-order valence-corrected chi connectivity index (χ2v) is 23.5. The van der Waals surface area contributed by atoms with E-state index in [0.717, 1.165) is 168 Å². The standard InChI is InChI=1S/C9H11N.C8H8O2.C6H13N.C6H12O.C5H10N2O.C5H11N.C5H10O.C4H10N2.C4H9NO.C4H9NS.C4H8O2.C4H8OS.12C2H6/c1-2-4-9-7-10-6-5-8(9)3-1;1-2-4-8-7(3-1)9-5-6-10-8;2*1-2-4-6-7-5-3-1;8-5-7-3-1-6-2-4-7;2*1-2-4-6-5-3-1;1-2-6-4-3-5-1;2*1-3-6-4-2-5-1;2*1-2-5-4-6-3-1;12*1-2/h1-4,10H,5-7H2;1-4H,5-6H2;7H,1-6H2;1-6H2;5-6H,1-4H2;6H,1-5H2;1-5H2;5-6H,1-4H2;2*5H,1-4H2;2*1-4H2;12*1-2H3. The summed E-state index contributed by atoms with van der Waals surface area (Å²) in [5.74, 6) is 6.53. The third-order valence-corrected chi connectivity index (χ3v) is 15.9. The van der Waals surface area contributed by atoms with Crippen LogP contribution in [0, 0.1) is 0 Å². The van der Waals surface area contributed by atoms with Gasteiger partial charge in [0.1, 0.15) is 20.0 Å². The van der Waals surface area contributed by atoms with Crippen molar-refractivity contribution in [2.45, 2.75) is 282 Å². The Kier molecular flexibility index (Phi) is 160. The summed E-state index contributed by atoms with van der Waals surface area (Å²) >= 11 is 3.91. The Hall–Kier alpha value is -2.35. The van der Waals surface area contributed by atoms with Gasteiger partial charge in [-0.25, -0.2) is 0 Å². The number of piperidine rings is 1. The van der Waals surface area contributed by atoms with Crippen molar-refractivity contribution in [3.05, 3.63) is 59.7 Å². The number of morpholine rings is 1. The van der Waals surface area contributed by atoms with Gasteiger partial charge in [-0.2, -0.15) is 11.8 Å². The number of fused-ring (bicyclic) bond motifs is 2. The smallest absolute Gasteiger partial charge is 0.209 e. The van der Waals surface area contributed by atoms with Crippen molar-refractivity contribution in [2.75, 3.05) is 214 Å². The molecule has 0 unspecified atom stereocenters. The summed E-state index contributed by atoms with van der Waals surface area (Å²) in [5.41, 5.74) is 2.98. The Bertz CT molecular complexity index is 1310. The molecule has 0 aromatic heterocycles. The highest BCUT2D eigenvalue weighted by Crippen LogP contribution is 2.28. The molecule has 12 heterocycles. The maximum atomic E-state index is 10.1. The Labute approximate surface area is 683 Å². The molecule has 0 bridgehead atoms. The minimum Gasteiger partial charge on any atom is -0.486 e. The number of thioether (sulfide) groups is 2. The van der Waals surface area contributed by atoms with Gasteiger partial charge in [-0.3, -0.25) is 4.79 Å². The minimum absolute atomic E-state index is 0.500. The van der Waals surface area contributed by atoms with Gasteiger partial charge in [-0.15, -0.1) is 11.8 Å². The van der Waals surface area contributed by atoms with Crippen molar-refractivity contribution in [2.24, 2.45) is 0 Å². The van der Waals surface area contributed by atoms with Gasteiger partial charge >= 0.3 is 0 Å². The molecule has 8 N–H and O–H groups in total. The van der Waals surface area contributed by atoms with Crippen LogP contribution in [0.1, 0.15) is 280 Å². The molecule has 20 heteroatoms. The number of nitrogens with zero attached hydrogens (tertiary/aromatic N) is 1. The first-order chi connectivity index (χ1) is 53.9. The summed E-state index contributed by atoms with van der Waals surface area (Å²) in [5, 5.41) is 26.0. The predicted molar refractivity (Wildman–Crippen MR) is 487 cm³/mol. The summed E-state index contributed by atoms with van der Waals surface area (Å²) in [6, 6.07) is 16.3. The van der Waals surface area contributed by atoms with E-state index >= 15 is 0 Å². The van der Waals surface area contributed by atoms with E-state index in [-0.39, 0.29) is 0 Å². The molecule has 12 aliphatic rings. The molecule has 10 fully saturated rings. The van der Waals surface area contributed by atoms with E-state index in [1.54, 1.807) is 4.90 Å². The first-order valence-electron chi connectivity index (χ1n) is 44.7. The lowest BCUT2D eigenvalue weighted by atomic mass is 10.0. The maximum absolute atomic E-state index is 10.1. The van der Waals surface area contributed by atoms with Crippen LogP contribution >= 0.6 is 23.5 Å². The molecule has 14 rings (SSSR count). The van der Waals surface area contributed by atoms with E-state index in [0.29, 0.717) is 20.0 Å². The van der Waals surface area contributed by atoms with E-state index < -0.39 is 0 Å². The van der Waals surface area contributed by atoms with Gasteiger partial charge in [0.15, 0.2) is 11.5 Å². The van der Waals surface area contributed by atoms with Crippen LogP contribution in [-0.2, 0) is 46.2 Å². The summed E-state index contributed by atoms with van der Waals surface area (Å²) < 4.78 is 40.6. The van der Waals surface area contributed by atoms with Crippen LogP contribution < -0.4 is 52.0 Å². The van der Waals surface area contributed by atoms with Gasteiger partial charge < -0.3 is 85.3 Å². The number of carbonyl (C=O) groups excluding carboxylic acids is 1. The lowest BCUT2D eigenvalue weighted by Gasteiger charge is -2.22. The van der Waals surface area contributed by atoms with Gasteiger partial charge in [-0.1, -0.05) is 235 Å². The Balaban J connectivity index is -0.000000119. The molecule has 1 amide bonds.